The van der Waals surface area contributed by atoms with Gasteiger partial charge in [0.15, 0.2) is 6.29 Å². The standard InChI is InChI=1S/C28H52O14/c1-11(2)19(31)25(37)20(32)13(4)39-27-12(3)6-5-7-15(27)41-28-22(34)14(21(33)17(9-29)42-28)8-16-23(35)26(38)24(36)18(10-30)40-16/h11-38H,5-10H2,1-4H3. The van der Waals surface area contributed by atoms with Crippen molar-refractivity contribution in [2.24, 2.45) is 17.8 Å². The minimum Gasteiger partial charge on any atom is -0.394 e. The molecule has 0 bridgehead atoms. The second-order valence-corrected chi connectivity index (χ2v) is 12.6. The number of hydrogen-bond acceptors (Lipinski definition) is 14. The molecule has 2 heterocycles. The molecule has 14 heteroatoms. The molecule has 2 saturated heterocycles. The lowest BCUT2D eigenvalue weighted by molar-refractivity contribution is -0.321. The summed E-state index contributed by atoms with van der Waals surface area (Å²) in [5.74, 6) is -1.39. The van der Waals surface area contributed by atoms with Crippen LogP contribution in [0.1, 0.15) is 53.4 Å². The maximum absolute atomic E-state index is 11.3. The van der Waals surface area contributed by atoms with E-state index in [2.05, 4.69) is 0 Å². The lowest BCUT2D eigenvalue weighted by atomic mass is 9.81. The molecule has 1 saturated carbocycles. The van der Waals surface area contributed by atoms with Crippen molar-refractivity contribution in [3.05, 3.63) is 0 Å². The summed E-state index contributed by atoms with van der Waals surface area (Å²) in [6, 6.07) is 0. The minimum absolute atomic E-state index is 0.0459. The molecule has 0 amide bonds. The fourth-order valence-electron chi connectivity index (χ4n) is 6.27. The van der Waals surface area contributed by atoms with Crippen LogP contribution in [0.3, 0.4) is 0 Å². The summed E-state index contributed by atoms with van der Waals surface area (Å²) >= 11 is 0. The molecule has 1 aliphatic carbocycles. The third-order valence-corrected chi connectivity index (χ3v) is 9.14. The van der Waals surface area contributed by atoms with Crippen molar-refractivity contribution in [2.75, 3.05) is 13.2 Å². The zero-order valence-electron chi connectivity index (χ0n) is 24.7. The number of hydrogen-bond donors (Lipinski definition) is 10. The summed E-state index contributed by atoms with van der Waals surface area (Å²) in [7, 11) is 0. The van der Waals surface area contributed by atoms with Crippen LogP contribution in [0.4, 0.5) is 0 Å². The molecule has 42 heavy (non-hydrogen) atoms. The van der Waals surface area contributed by atoms with Crippen LogP contribution < -0.4 is 0 Å². The molecular weight excluding hydrogens is 560 g/mol. The van der Waals surface area contributed by atoms with Crippen molar-refractivity contribution in [1.82, 2.24) is 0 Å². The largest absolute Gasteiger partial charge is 0.394 e. The highest BCUT2D eigenvalue weighted by molar-refractivity contribution is 4.97. The summed E-state index contributed by atoms with van der Waals surface area (Å²) < 4.78 is 23.7. The minimum atomic E-state index is -1.63. The maximum atomic E-state index is 11.3. The van der Waals surface area contributed by atoms with Crippen molar-refractivity contribution in [3.8, 4) is 0 Å². The predicted molar refractivity (Wildman–Crippen MR) is 145 cm³/mol. The Bertz CT molecular complexity index is 803. The molecule has 10 N–H and O–H groups in total. The Morgan fingerprint density at radius 1 is 0.714 bits per heavy atom. The Kier molecular flexibility index (Phi) is 13.4. The van der Waals surface area contributed by atoms with Crippen LogP contribution in [-0.4, -0.2) is 156 Å². The zero-order chi connectivity index (χ0) is 31.5. The summed E-state index contributed by atoms with van der Waals surface area (Å²) in [6.07, 6.45) is -16.7. The first kappa shape index (κ1) is 35.9. The monoisotopic (exact) mass is 612 g/mol. The molecule has 3 fully saturated rings. The Balaban J connectivity index is 1.74. The highest BCUT2D eigenvalue weighted by Gasteiger charge is 2.51. The van der Waals surface area contributed by atoms with Gasteiger partial charge in [0, 0.05) is 5.92 Å². The van der Waals surface area contributed by atoms with Gasteiger partial charge in [-0.15, -0.1) is 0 Å². The van der Waals surface area contributed by atoms with Gasteiger partial charge in [0.05, 0.1) is 49.8 Å². The van der Waals surface area contributed by atoms with E-state index in [-0.39, 0.29) is 18.3 Å². The number of rotatable bonds is 12. The van der Waals surface area contributed by atoms with Gasteiger partial charge in [-0.3, -0.25) is 0 Å². The van der Waals surface area contributed by atoms with Gasteiger partial charge in [0.1, 0.15) is 48.8 Å². The van der Waals surface area contributed by atoms with E-state index in [0.717, 1.165) is 12.8 Å². The Labute approximate surface area is 246 Å². The lowest BCUT2D eigenvalue weighted by Gasteiger charge is -2.47. The van der Waals surface area contributed by atoms with Crippen molar-refractivity contribution < 1.29 is 70.0 Å². The third-order valence-electron chi connectivity index (χ3n) is 9.14. The van der Waals surface area contributed by atoms with E-state index in [9.17, 15) is 51.1 Å². The first-order valence-electron chi connectivity index (χ1n) is 15.0. The maximum Gasteiger partial charge on any atom is 0.184 e. The normalized spacial score (nSPS) is 44.5. The van der Waals surface area contributed by atoms with Gasteiger partial charge in [-0.1, -0.05) is 27.2 Å². The third kappa shape index (κ3) is 7.98. The van der Waals surface area contributed by atoms with Crippen LogP contribution in [0, 0.1) is 17.8 Å². The van der Waals surface area contributed by atoms with E-state index in [0.29, 0.717) is 6.42 Å². The van der Waals surface area contributed by atoms with E-state index < -0.39 is 111 Å². The zero-order valence-corrected chi connectivity index (χ0v) is 24.7. The highest BCUT2D eigenvalue weighted by Crippen LogP contribution is 2.37. The molecule has 248 valence electrons. The van der Waals surface area contributed by atoms with Crippen LogP contribution >= 0.6 is 0 Å². The quantitative estimate of drug-likeness (QED) is 0.106. The SMILES string of the molecule is CC(C)C(O)C(O)C(O)C(C)OC1C(C)CCCC1OC1OC(CO)C(O)C(CC2OC(CO)C(O)C(O)C2O)C1O. The summed E-state index contributed by atoms with van der Waals surface area (Å²) in [6.45, 7) is 5.72. The van der Waals surface area contributed by atoms with Crippen molar-refractivity contribution in [3.63, 3.8) is 0 Å². The second kappa shape index (κ2) is 15.6. The first-order chi connectivity index (χ1) is 19.7. The van der Waals surface area contributed by atoms with E-state index in [1.807, 2.05) is 6.92 Å². The van der Waals surface area contributed by atoms with Gasteiger partial charge in [-0.2, -0.15) is 0 Å². The van der Waals surface area contributed by atoms with Crippen LogP contribution in [-0.2, 0) is 18.9 Å². The molecule has 17 unspecified atom stereocenters. The van der Waals surface area contributed by atoms with Crippen LogP contribution in [0.2, 0.25) is 0 Å². The van der Waals surface area contributed by atoms with Crippen molar-refractivity contribution in [2.45, 2.75) is 145 Å². The van der Waals surface area contributed by atoms with Crippen molar-refractivity contribution in [1.29, 1.82) is 0 Å². The molecule has 3 rings (SSSR count). The molecular formula is C28H52O14. The second-order valence-electron chi connectivity index (χ2n) is 12.6. The number of aliphatic hydroxyl groups is 10. The fourth-order valence-corrected chi connectivity index (χ4v) is 6.27. The van der Waals surface area contributed by atoms with Gasteiger partial charge in [0.25, 0.3) is 0 Å². The smallest absolute Gasteiger partial charge is 0.184 e. The first-order valence-corrected chi connectivity index (χ1v) is 15.0. The van der Waals surface area contributed by atoms with Gasteiger partial charge in [-0.05, 0) is 38.0 Å². The molecule has 17 atom stereocenters. The molecule has 0 aromatic heterocycles. The Morgan fingerprint density at radius 2 is 1.31 bits per heavy atom. The van der Waals surface area contributed by atoms with E-state index in [1.54, 1.807) is 20.8 Å². The number of aliphatic hydroxyl groups excluding tert-OH is 10. The average molecular weight is 613 g/mol. The molecule has 0 spiro atoms. The average Bonchev–Trinajstić information content (AvgIpc) is 2.96. The van der Waals surface area contributed by atoms with Gasteiger partial charge in [-0.25, -0.2) is 0 Å². The van der Waals surface area contributed by atoms with E-state index in [1.165, 1.54) is 0 Å². The molecule has 14 nitrogen and oxygen atoms in total. The fraction of sp³-hybridized carbons (Fsp3) is 1.00. The Morgan fingerprint density at radius 3 is 1.90 bits per heavy atom. The van der Waals surface area contributed by atoms with E-state index >= 15 is 0 Å². The lowest BCUT2D eigenvalue weighted by Crippen LogP contribution is -2.62. The van der Waals surface area contributed by atoms with Gasteiger partial charge in [0.2, 0.25) is 0 Å². The molecule has 2 aliphatic heterocycles. The summed E-state index contributed by atoms with van der Waals surface area (Å²) in [4.78, 5) is 0. The Hall–Kier alpha value is -0.560. The van der Waals surface area contributed by atoms with Crippen LogP contribution in [0.25, 0.3) is 0 Å². The molecule has 3 aliphatic rings. The van der Waals surface area contributed by atoms with Crippen molar-refractivity contribution >= 4 is 0 Å². The van der Waals surface area contributed by atoms with E-state index in [4.69, 9.17) is 18.9 Å². The van der Waals surface area contributed by atoms with Crippen LogP contribution in [0.15, 0.2) is 0 Å². The summed E-state index contributed by atoms with van der Waals surface area (Å²) in [5, 5.41) is 104. The van der Waals surface area contributed by atoms with Gasteiger partial charge >= 0.3 is 0 Å². The highest BCUT2D eigenvalue weighted by atomic mass is 16.7. The predicted octanol–water partition coefficient (Wildman–Crippen LogP) is -3.01. The van der Waals surface area contributed by atoms with Gasteiger partial charge < -0.3 is 70.0 Å². The topological polar surface area (TPSA) is 239 Å². The summed E-state index contributed by atoms with van der Waals surface area (Å²) in [5.41, 5.74) is 0. The molecule has 0 radical (unpaired) electrons. The molecule has 0 aromatic rings. The molecule has 0 aromatic carbocycles. The van der Waals surface area contributed by atoms with Crippen LogP contribution in [0.5, 0.6) is 0 Å². The number of ether oxygens (including phenoxy) is 4.